The molecule has 28 heavy (non-hydrogen) atoms. The highest BCUT2D eigenvalue weighted by Crippen LogP contribution is 2.26. The molecule has 1 saturated heterocycles. The van der Waals surface area contributed by atoms with E-state index in [9.17, 15) is 14.0 Å². The number of nitrogens with one attached hydrogen (secondary N) is 1. The van der Waals surface area contributed by atoms with Crippen molar-refractivity contribution in [3.05, 3.63) is 58.3 Å². The molecular formula is C20H19FN4O3. The number of rotatable bonds is 2. The summed E-state index contributed by atoms with van der Waals surface area (Å²) in [4.78, 5) is 33.4. The fourth-order valence-electron chi connectivity index (χ4n) is 3.52. The first-order valence-corrected chi connectivity index (χ1v) is 8.95. The average Bonchev–Trinajstić information content (AvgIpc) is 2.68. The summed E-state index contributed by atoms with van der Waals surface area (Å²) in [6, 6.07) is 8.68. The summed E-state index contributed by atoms with van der Waals surface area (Å²) < 4.78 is 14.7. The lowest BCUT2D eigenvalue weighted by molar-refractivity contribution is 0.142. The summed E-state index contributed by atoms with van der Waals surface area (Å²) in [5, 5.41) is 10.4. The number of hydrogen-bond donors (Lipinski definition) is 2. The molecule has 3 aromatic rings. The van der Waals surface area contributed by atoms with E-state index in [1.165, 1.54) is 17.2 Å². The summed E-state index contributed by atoms with van der Waals surface area (Å²) in [6.45, 7) is 3.28. The van der Waals surface area contributed by atoms with Crippen molar-refractivity contribution >= 4 is 22.7 Å². The van der Waals surface area contributed by atoms with Crippen LogP contribution < -0.4 is 10.5 Å². The van der Waals surface area contributed by atoms with Crippen LogP contribution in [0.15, 0.2) is 41.3 Å². The number of halogens is 1. The fourth-order valence-corrected chi connectivity index (χ4v) is 3.52. The minimum Gasteiger partial charge on any atom is -0.465 e. The van der Waals surface area contributed by atoms with Crippen molar-refractivity contribution < 1.29 is 14.3 Å². The number of aromatic nitrogens is 2. The third-order valence-corrected chi connectivity index (χ3v) is 5.09. The van der Waals surface area contributed by atoms with Gasteiger partial charge in [0.2, 0.25) is 0 Å². The molecule has 1 aliphatic heterocycles. The van der Waals surface area contributed by atoms with E-state index in [-0.39, 0.29) is 11.4 Å². The van der Waals surface area contributed by atoms with Crippen molar-refractivity contribution in [1.29, 1.82) is 0 Å². The summed E-state index contributed by atoms with van der Waals surface area (Å²) in [5.41, 5.74) is 1.71. The third kappa shape index (κ3) is 3.17. The molecule has 0 bridgehead atoms. The summed E-state index contributed by atoms with van der Waals surface area (Å²) in [5.74, 6) is -0.319. The van der Waals surface area contributed by atoms with Gasteiger partial charge in [-0.2, -0.15) is 0 Å². The number of benzene rings is 1. The van der Waals surface area contributed by atoms with Gasteiger partial charge in [-0.1, -0.05) is 12.1 Å². The topological polar surface area (TPSA) is 89.5 Å². The molecule has 2 aromatic heterocycles. The van der Waals surface area contributed by atoms with Crippen LogP contribution in [0, 0.1) is 12.7 Å². The Hall–Kier alpha value is -3.42. The molecular weight excluding hydrogens is 363 g/mol. The zero-order valence-electron chi connectivity index (χ0n) is 15.3. The number of fused-ring (bicyclic) bond motifs is 1. The Bertz CT molecular complexity index is 1120. The van der Waals surface area contributed by atoms with Gasteiger partial charge in [-0.15, -0.1) is 0 Å². The zero-order valence-corrected chi connectivity index (χ0v) is 15.3. The van der Waals surface area contributed by atoms with Crippen LogP contribution in [0.1, 0.15) is 5.56 Å². The monoisotopic (exact) mass is 382 g/mol. The van der Waals surface area contributed by atoms with Crippen molar-refractivity contribution in [1.82, 2.24) is 14.9 Å². The van der Waals surface area contributed by atoms with Crippen molar-refractivity contribution in [3.63, 3.8) is 0 Å². The molecule has 0 aliphatic carbocycles. The first-order chi connectivity index (χ1) is 13.4. The van der Waals surface area contributed by atoms with E-state index in [2.05, 4.69) is 9.97 Å². The SMILES string of the molecule is Cc1cccc2c(=O)[nH]c(-c3cnc(N4CCN(C(=O)O)CC4)c(F)c3)cc12. The van der Waals surface area contributed by atoms with Crippen molar-refractivity contribution in [2.24, 2.45) is 0 Å². The Balaban J connectivity index is 1.65. The molecule has 0 atom stereocenters. The number of carboxylic acid groups (broad SMARTS) is 1. The number of nitrogens with zero attached hydrogens (tertiary/aromatic N) is 3. The van der Waals surface area contributed by atoms with E-state index in [1.807, 2.05) is 25.1 Å². The van der Waals surface area contributed by atoms with Crippen LogP contribution in [0.2, 0.25) is 0 Å². The number of piperazine rings is 1. The van der Waals surface area contributed by atoms with Gasteiger partial charge in [-0.05, 0) is 36.1 Å². The number of H-pyrrole nitrogens is 1. The smallest absolute Gasteiger partial charge is 0.407 e. The lowest BCUT2D eigenvalue weighted by Crippen LogP contribution is -2.48. The molecule has 0 saturated carbocycles. The predicted octanol–water partition coefficient (Wildman–Crippen LogP) is 2.84. The highest BCUT2D eigenvalue weighted by Gasteiger charge is 2.23. The number of amides is 1. The van der Waals surface area contributed by atoms with Crippen LogP contribution >= 0.6 is 0 Å². The second kappa shape index (κ2) is 6.95. The van der Waals surface area contributed by atoms with Gasteiger partial charge in [0, 0.05) is 43.3 Å². The highest BCUT2D eigenvalue weighted by molar-refractivity contribution is 5.87. The molecule has 0 unspecified atom stereocenters. The quantitative estimate of drug-likeness (QED) is 0.711. The lowest BCUT2D eigenvalue weighted by atomic mass is 10.0. The Morgan fingerprint density at radius 1 is 1.18 bits per heavy atom. The van der Waals surface area contributed by atoms with Crippen molar-refractivity contribution in [2.75, 3.05) is 31.1 Å². The van der Waals surface area contributed by atoms with Gasteiger partial charge in [0.15, 0.2) is 11.6 Å². The van der Waals surface area contributed by atoms with Gasteiger partial charge in [-0.25, -0.2) is 14.2 Å². The Kier molecular flexibility index (Phi) is 4.46. The first-order valence-electron chi connectivity index (χ1n) is 8.95. The van der Waals surface area contributed by atoms with E-state index in [4.69, 9.17) is 5.11 Å². The third-order valence-electron chi connectivity index (χ3n) is 5.09. The minimum atomic E-state index is -0.973. The molecule has 2 N–H and O–H groups in total. The maximum atomic E-state index is 14.7. The molecule has 144 valence electrons. The van der Waals surface area contributed by atoms with Gasteiger partial charge in [0.1, 0.15) is 0 Å². The van der Waals surface area contributed by atoms with E-state index in [0.717, 1.165) is 10.9 Å². The maximum Gasteiger partial charge on any atom is 0.407 e. The average molecular weight is 382 g/mol. The zero-order chi connectivity index (χ0) is 19.8. The summed E-state index contributed by atoms with van der Waals surface area (Å²) in [7, 11) is 0. The van der Waals surface area contributed by atoms with Gasteiger partial charge >= 0.3 is 6.09 Å². The molecule has 1 fully saturated rings. The number of pyridine rings is 2. The van der Waals surface area contributed by atoms with Crippen LogP contribution in [0.25, 0.3) is 22.0 Å². The Labute approximate surface area is 160 Å². The van der Waals surface area contributed by atoms with Crippen LogP contribution in [-0.2, 0) is 0 Å². The van der Waals surface area contributed by atoms with Gasteiger partial charge in [0.05, 0.1) is 5.69 Å². The van der Waals surface area contributed by atoms with Gasteiger partial charge in [0.25, 0.3) is 5.56 Å². The first kappa shape index (κ1) is 18.0. The minimum absolute atomic E-state index is 0.188. The molecule has 3 heterocycles. The van der Waals surface area contributed by atoms with Crippen LogP contribution in [0.5, 0.6) is 0 Å². The Morgan fingerprint density at radius 3 is 2.61 bits per heavy atom. The van der Waals surface area contributed by atoms with Crippen LogP contribution in [0.3, 0.4) is 0 Å². The number of aryl methyl sites for hydroxylation is 1. The van der Waals surface area contributed by atoms with E-state index >= 15 is 0 Å². The predicted molar refractivity (Wildman–Crippen MR) is 104 cm³/mol. The second-order valence-corrected chi connectivity index (χ2v) is 6.83. The number of carbonyl (C=O) groups is 1. The number of aromatic amines is 1. The molecule has 8 heteroatoms. The molecule has 1 aromatic carbocycles. The standard InChI is InChI=1S/C20H19FN4O3/c1-12-3-2-4-14-15(12)10-17(23-19(14)26)13-9-16(21)18(22-11-13)24-5-7-25(8-6-24)20(27)28/h2-4,9-11H,5-8H2,1H3,(H,23,26)(H,27,28). The fraction of sp³-hybridized carbons (Fsp3) is 0.250. The number of hydrogen-bond acceptors (Lipinski definition) is 4. The normalized spacial score (nSPS) is 14.5. The van der Waals surface area contributed by atoms with Crippen molar-refractivity contribution in [3.8, 4) is 11.3 Å². The largest absolute Gasteiger partial charge is 0.465 e. The number of anilines is 1. The molecule has 1 aliphatic rings. The maximum absolute atomic E-state index is 14.7. The molecule has 4 rings (SSSR count). The van der Waals surface area contributed by atoms with E-state index < -0.39 is 11.9 Å². The second-order valence-electron chi connectivity index (χ2n) is 6.83. The molecule has 1 amide bonds. The van der Waals surface area contributed by atoms with Crippen LogP contribution in [-0.4, -0.2) is 52.2 Å². The van der Waals surface area contributed by atoms with E-state index in [0.29, 0.717) is 42.8 Å². The summed E-state index contributed by atoms with van der Waals surface area (Å²) in [6.07, 6.45) is 0.552. The molecule has 0 radical (unpaired) electrons. The van der Waals surface area contributed by atoms with E-state index in [1.54, 1.807) is 11.0 Å². The Morgan fingerprint density at radius 2 is 1.93 bits per heavy atom. The van der Waals surface area contributed by atoms with Crippen LogP contribution in [0.4, 0.5) is 15.0 Å². The van der Waals surface area contributed by atoms with Gasteiger partial charge in [-0.3, -0.25) is 4.79 Å². The highest BCUT2D eigenvalue weighted by atomic mass is 19.1. The lowest BCUT2D eigenvalue weighted by Gasteiger charge is -2.33. The molecule has 0 spiro atoms. The van der Waals surface area contributed by atoms with Gasteiger partial charge < -0.3 is 19.9 Å². The summed E-state index contributed by atoms with van der Waals surface area (Å²) >= 11 is 0. The van der Waals surface area contributed by atoms with Crippen molar-refractivity contribution in [2.45, 2.75) is 6.92 Å². The molecule has 7 nitrogen and oxygen atoms in total.